The number of piperidine rings is 1. The quantitative estimate of drug-likeness (QED) is 0.307. The van der Waals surface area contributed by atoms with E-state index in [-0.39, 0.29) is 29.7 Å². The van der Waals surface area contributed by atoms with Crippen LogP contribution in [0.2, 0.25) is 0 Å². The summed E-state index contributed by atoms with van der Waals surface area (Å²) < 4.78 is 14.5. The summed E-state index contributed by atoms with van der Waals surface area (Å²) in [4.78, 5) is 26.8. The lowest BCUT2D eigenvalue weighted by molar-refractivity contribution is -0.124. The zero-order chi connectivity index (χ0) is 23.8. The fourth-order valence-electron chi connectivity index (χ4n) is 4.73. The molecule has 1 aliphatic rings. The van der Waals surface area contributed by atoms with E-state index in [0.717, 1.165) is 13.0 Å². The molecule has 0 spiro atoms. The molecule has 6 nitrogen and oxygen atoms in total. The topological polar surface area (TPSA) is 98.7 Å². The summed E-state index contributed by atoms with van der Waals surface area (Å²) in [6.07, 6.45) is 1.89. The van der Waals surface area contributed by atoms with Gasteiger partial charge in [0.15, 0.2) is 5.78 Å². The van der Waals surface area contributed by atoms with Gasteiger partial charge in [0.1, 0.15) is 17.3 Å². The minimum absolute atomic E-state index is 0.00513. The number of aromatic hydroxyl groups is 1. The number of benzene rings is 2. The van der Waals surface area contributed by atoms with Crippen LogP contribution in [0.25, 0.3) is 0 Å². The number of hydrogen-bond acceptors (Lipinski definition) is 6. The van der Waals surface area contributed by atoms with E-state index in [0.29, 0.717) is 49.2 Å². The van der Waals surface area contributed by atoms with E-state index in [4.69, 9.17) is 5.11 Å². The Hall–Kier alpha value is -2.61. The highest BCUT2D eigenvalue weighted by atomic mass is 19.1. The normalized spacial score (nSPS) is 20.5. The molecular weight excluding hydrogens is 423 g/mol. The molecule has 3 unspecified atom stereocenters. The Morgan fingerprint density at radius 2 is 1.85 bits per heavy atom. The number of ketones is 2. The number of phenols is 1. The maximum atomic E-state index is 14.5. The van der Waals surface area contributed by atoms with Gasteiger partial charge in [0.2, 0.25) is 0 Å². The highest BCUT2D eigenvalue weighted by Gasteiger charge is 2.42. The van der Waals surface area contributed by atoms with Gasteiger partial charge in [0.25, 0.3) is 0 Å². The number of aliphatic hydroxyl groups excluding tert-OH is 1. The first-order valence-corrected chi connectivity index (χ1v) is 11.6. The van der Waals surface area contributed by atoms with Crippen molar-refractivity contribution in [3.8, 4) is 5.75 Å². The van der Waals surface area contributed by atoms with Gasteiger partial charge in [-0.25, -0.2) is 4.39 Å². The lowest BCUT2D eigenvalue weighted by atomic mass is 9.68. The van der Waals surface area contributed by atoms with Crippen LogP contribution < -0.4 is 10.6 Å². The first-order valence-electron chi connectivity index (χ1n) is 11.6. The van der Waals surface area contributed by atoms with Crippen molar-refractivity contribution in [1.82, 2.24) is 10.6 Å². The van der Waals surface area contributed by atoms with Crippen molar-refractivity contribution in [3.05, 3.63) is 65.0 Å². The summed E-state index contributed by atoms with van der Waals surface area (Å²) in [5, 5.41) is 25.0. The number of hydrogen-bond donors (Lipinski definition) is 4. The Bertz CT molecular complexity index is 965. The fourth-order valence-corrected chi connectivity index (χ4v) is 4.73. The van der Waals surface area contributed by atoms with E-state index in [1.807, 2.05) is 6.07 Å². The van der Waals surface area contributed by atoms with Gasteiger partial charge in [-0.05, 0) is 55.6 Å². The van der Waals surface area contributed by atoms with Crippen LogP contribution in [0.3, 0.4) is 0 Å². The largest absolute Gasteiger partial charge is 0.508 e. The number of phenolic OH excluding ortho intramolecular Hbond substituents is 1. The maximum absolute atomic E-state index is 14.5. The molecule has 33 heavy (non-hydrogen) atoms. The summed E-state index contributed by atoms with van der Waals surface area (Å²) in [6, 6.07) is 11.0. The van der Waals surface area contributed by atoms with Gasteiger partial charge in [-0.3, -0.25) is 9.59 Å². The smallest absolute Gasteiger partial charge is 0.167 e. The molecule has 7 heteroatoms. The lowest BCUT2D eigenvalue weighted by Crippen LogP contribution is -2.48. The number of Topliss-reactive ketones (excluding diaryl/α,β-unsaturated/α-hetero) is 2. The van der Waals surface area contributed by atoms with Gasteiger partial charge in [-0.1, -0.05) is 24.3 Å². The molecule has 1 heterocycles. The first-order chi connectivity index (χ1) is 15.9. The second kappa shape index (κ2) is 12.0. The van der Waals surface area contributed by atoms with E-state index in [2.05, 4.69) is 10.6 Å². The predicted octanol–water partition coefficient (Wildman–Crippen LogP) is 2.96. The van der Waals surface area contributed by atoms with Crippen molar-refractivity contribution < 1.29 is 24.2 Å². The number of carbonyl (C=O) groups excluding carboxylic acids is 2. The Labute approximate surface area is 194 Å². The van der Waals surface area contributed by atoms with Crippen LogP contribution >= 0.6 is 0 Å². The molecule has 0 radical (unpaired) electrons. The zero-order valence-electron chi connectivity index (χ0n) is 19.0. The molecule has 4 N–H and O–H groups in total. The molecule has 0 bridgehead atoms. The number of rotatable bonds is 11. The molecule has 1 saturated heterocycles. The SMILES string of the molecule is Cc1c(F)cccc1C1C(C(=O)CCCCNCCO)CNCC1C(=O)c1cccc(O)c1. The van der Waals surface area contributed by atoms with Crippen LogP contribution in [0.15, 0.2) is 42.5 Å². The third kappa shape index (κ3) is 6.25. The van der Waals surface area contributed by atoms with Crippen molar-refractivity contribution in [1.29, 1.82) is 0 Å². The van der Waals surface area contributed by atoms with Crippen LogP contribution in [-0.4, -0.2) is 54.6 Å². The number of aliphatic hydroxyl groups is 1. The molecule has 1 fully saturated rings. The molecular formula is C26H33FN2O4. The third-order valence-electron chi connectivity index (χ3n) is 6.46. The molecule has 0 amide bonds. The minimum atomic E-state index is -0.554. The van der Waals surface area contributed by atoms with Gasteiger partial charge in [-0.15, -0.1) is 0 Å². The molecule has 2 aromatic carbocycles. The van der Waals surface area contributed by atoms with E-state index in [1.54, 1.807) is 25.1 Å². The summed E-state index contributed by atoms with van der Waals surface area (Å²) in [5.41, 5.74) is 1.53. The maximum Gasteiger partial charge on any atom is 0.167 e. The van der Waals surface area contributed by atoms with Gasteiger partial charge in [0.05, 0.1) is 6.61 Å². The number of carbonyl (C=O) groups is 2. The van der Waals surface area contributed by atoms with Gasteiger partial charge in [-0.2, -0.15) is 0 Å². The van der Waals surface area contributed by atoms with Crippen molar-refractivity contribution in [2.75, 3.05) is 32.8 Å². The Balaban J connectivity index is 1.86. The van der Waals surface area contributed by atoms with Crippen LogP contribution in [0.4, 0.5) is 4.39 Å². The van der Waals surface area contributed by atoms with Crippen LogP contribution in [-0.2, 0) is 4.79 Å². The van der Waals surface area contributed by atoms with Crippen molar-refractivity contribution in [3.63, 3.8) is 0 Å². The zero-order valence-corrected chi connectivity index (χ0v) is 19.0. The molecule has 0 aromatic heterocycles. The number of nitrogens with one attached hydrogen (secondary N) is 2. The summed E-state index contributed by atoms with van der Waals surface area (Å²) in [5.74, 6) is -1.90. The van der Waals surface area contributed by atoms with E-state index < -0.39 is 17.8 Å². The minimum Gasteiger partial charge on any atom is -0.508 e. The van der Waals surface area contributed by atoms with Crippen LogP contribution in [0, 0.1) is 24.6 Å². The number of halogens is 1. The average Bonchev–Trinajstić information content (AvgIpc) is 2.82. The first kappa shape index (κ1) is 25.0. The summed E-state index contributed by atoms with van der Waals surface area (Å²) in [6.45, 7) is 3.84. The van der Waals surface area contributed by atoms with Crippen LogP contribution in [0.1, 0.15) is 46.7 Å². The highest BCUT2D eigenvalue weighted by Crippen LogP contribution is 2.40. The van der Waals surface area contributed by atoms with E-state index >= 15 is 0 Å². The van der Waals surface area contributed by atoms with E-state index in [9.17, 15) is 19.1 Å². The second-order valence-electron chi connectivity index (χ2n) is 8.66. The Kier molecular flexibility index (Phi) is 9.11. The Morgan fingerprint density at radius 3 is 2.61 bits per heavy atom. The van der Waals surface area contributed by atoms with Gasteiger partial charge < -0.3 is 20.8 Å². The number of unbranched alkanes of at least 4 members (excludes halogenated alkanes) is 1. The third-order valence-corrected chi connectivity index (χ3v) is 6.46. The van der Waals surface area contributed by atoms with E-state index in [1.165, 1.54) is 18.2 Å². The van der Waals surface area contributed by atoms with Gasteiger partial charge in [0, 0.05) is 49.4 Å². The van der Waals surface area contributed by atoms with Gasteiger partial charge >= 0.3 is 0 Å². The molecule has 1 aliphatic heterocycles. The molecule has 3 atom stereocenters. The summed E-state index contributed by atoms with van der Waals surface area (Å²) >= 11 is 0. The molecule has 0 aliphatic carbocycles. The summed E-state index contributed by atoms with van der Waals surface area (Å²) in [7, 11) is 0. The highest BCUT2D eigenvalue weighted by molar-refractivity contribution is 5.99. The fraction of sp³-hybridized carbons (Fsp3) is 0.462. The van der Waals surface area contributed by atoms with Crippen molar-refractivity contribution >= 4 is 11.6 Å². The average molecular weight is 457 g/mol. The van der Waals surface area contributed by atoms with Crippen LogP contribution in [0.5, 0.6) is 5.75 Å². The van der Waals surface area contributed by atoms with Crippen molar-refractivity contribution in [2.24, 2.45) is 11.8 Å². The monoisotopic (exact) mass is 456 g/mol. The van der Waals surface area contributed by atoms with Crippen molar-refractivity contribution in [2.45, 2.75) is 32.1 Å². The second-order valence-corrected chi connectivity index (χ2v) is 8.66. The molecule has 3 rings (SSSR count). The molecule has 2 aromatic rings. The standard InChI is InChI=1S/C26H33FN2O4/c1-17-20(8-5-9-23(17)27)25-21(24(32)10-2-3-11-28-12-13-30)15-29-16-22(25)26(33)18-6-4-7-19(31)14-18/h4-9,14,21-22,25,28-31H,2-3,10-13,15-16H2,1H3. The lowest BCUT2D eigenvalue weighted by Gasteiger charge is -2.38. The Morgan fingerprint density at radius 1 is 1.09 bits per heavy atom. The molecule has 0 saturated carbocycles. The molecule has 178 valence electrons. The predicted molar refractivity (Wildman–Crippen MR) is 125 cm³/mol.